The fraction of sp³-hybridized carbons (Fsp3) is 0.400. The maximum absolute atomic E-state index is 12.0. The van der Waals surface area contributed by atoms with Gasteiger partial charge in [0, 0.05) is 30.9 Å². The Morgan fingerprint density at radius 3 is 2.48 bits per heavy atom. The summed E-state index contributed by atoms with van der Waals surface area (Å²) in [6.07, 6.45) is 4.67. The van der Waals surface area contributed by atoms with Gasteiger partial charge in [-0.1, -0.05) is 36.7 Å². The average Bonchev–Trinajstić information content (AvgIpc) is 2.63. The molecule has 1 aromatic heterocycles. The van der Waals surface area contributed by atoms with Gasteiger partial charge in [-0.05, 0) is 48.1 Å². The van der Waals surface area contributed by atoms with Crippen molar-refractivity contribution in [3.63, 3.8) is 0 Å². The monoisotopic (exact) mass is 357 g/mol. The summed E-state index contributed by atoms with van der Waals surface area (Å²) in [6.45, 7) is 4.95. The summed E-state index contributed by atoms with van der Waals surface area (Å²) in [5, 5.41) is 3.62. The molecule has 4 nitrogen and oxygen atoms in total. The minimum atomic E-state index is -0.00332. The molecule has 0 spiro atoms. The number of pyridine rings is 1. The lowest BCUT2D eigenvalue weighted by Crippen LogP contribution is -2.33. The standard InChI is InChI=1S/C20H24ClN3O/c1-15-8-10-24(11-9-15)19-7-4-17(13-22-19)14-23-20(25)12-16-2-5-18(21)6-3-16/h2-7,13,15H,8-12,14H2,1H3,(H,23,25). The Hall–Kier alpha value is -2.07. The van der Waals surface area contributed by atoms with Crippen LogP contribution in [0.5, 0.6) is 0 Å². The zero-order chi connectivity index (χ0) is 17.6. The first kappa shape index (κ1) is 17.7. The molecule has 0 saturated carbocycles. The molecule has 132 valence electrons. The number of aromatic nitrogens is 1. The van der Waals surface area contributed by atoms with Crippen molar-refractivity contribution in [1.82, 2.24) is 10.3 Å². The number of anilines is 1. The second-order valence-electron chi connectivity index (χ2n) is 6.77. The van der Waals surface area contributed by atoms with Gasteiger partial charge in [0.2, 0.25) is 5.91 Å². The van der Waals surface area contributed by atoms with Crippen molar-refractivity contribution in [2.45, 2.75) is 32.7 Å². The smallest absolute Gasteiger partial charge is 0.224 e. The molecule has 5 heteroatoms. The molecule has 1 aliphatic heterocycles. The van der Waals surface area contributed by atoms with E-state index >= 15 is 0 Å². The highest BCUT2D eigenvalue weighted by Crippen LogP contribution is 2.21. The van der Waals surface area contributed by atoms with Crippen molar-refractivity contribution in [3.05, 3.63) is 58.7 Å². The molecular weight excluding hydrogens is 334 g/mol. The number of nitrogens with zero attached hydrogens (tertiary/aromatic N) is 2. The Morgan fingerprint density at radius 2 is 1.84 bits per heavy atom. The fourth-order valence-electron chi connectivity index (χ4n) is 3.00. The number of hydrogen-bond donors (Lipinski definition) is 1. The molecule has 0 bridgehead atoms. The lowest BCUT2D eigenvalue weighted by molar-refractivity contribution is -0.120. The van der Waals surface area contributed by atoms with Crippen LogP contribution < -0.4 is 10.2 Å². The van der Waals surface area contributed by atoms with Gasteiger partial charge in [-0.3, -0.25) is 4.79 Å². The topological polar surface area (TPSA) is 45.2 Å². The van der Waals surface area contributed by atoms with Gasteiger partial charge < -0.3 is 10.2 Å². The number of piperidine rings is 1. The van der Waals surface area contributed by atoms with Crippen LogP contribution in [-0.4, -0.2) is 24.0 Å². The Kier molecular flexibility index (Phi) is 5.92. The Morgan fingerprint density at radius 1 is 1.16 bits per heavy atom. The Labute approximate surface area is 154 Å². The van der Waals surface area contributed by atoms with E-state index in [0.29, 0.717) is 18.0 Å². The third-order valence-corrected chi connectivity index (χ3v) is 4.94. The number of halogens is 1. The van der Waals surface area contributed by atoms with Gasteiger partial charge in [-0.25, -0.2) is 4.98 Å². The third-order valence-electron chi connectivity index (χ3n) is 4.68. The minimum Gasteiger partial charge on any atom is -0.357 e. The van der Waals surface area contributed by atoms with Crippen molar-refractivity contribution < 1.29 is 4.79 Å². The van der Waals surface area contributed by atoms with Crippen LogP contribution in [0.15, 0.2) is 42.6 Å². The van der Waals surface area contributed by atoms with Crippen LogP contribution in [0, 0.1) is 5.92 Å². The van der Waals surface area contributed by atoms with Crippen molar-refractivity contribution >= 4 is 23.3 Å². The summed E-state index contributed by atoms with van der Waals surface area (Å²) >= 11 is 5.85. The summed E-state index contributed by atoms with van der Waals surface area (Å²) in [7, 11) is 0. The van der Waals surface area contributed by atoms with Crippen LogP contribution in [0.1, 0.15) is 30.9 Å². The number of carbonyl (C=O) groups excluding carboxylic acids is 1. The van der Waals surface area contributed by atoms with Crippen molar-refractivity contribution in [1.29, 1.82) is 0 Å². The molecule has 1 saturated heterocycles. The molecule has 0 unspecified atom stereocenters. The number of hydrogen-bond acceptors (Lipinski definition) is 3. The number of amides is 1. The maximum atomic E-state index is 12.0. The maximum Gasteiger partial charge on any atom is 0.224 e. The van der Waals surface area contributed by atoms with Crippen molar-refractivity contribution in [3.8, 4) is 0 Å². The Bertz CT molecular complexity index is 692. The van der Waals surface area contributed by atoms with E-state index in [9.17, 15) is 4.79 Å². The van der Waals surface area contributed by atoms with E-state index in [0.717, 1.165) is 36.0 Å². The van der Waals surface area contributed by atoms with E-state index in [1.165, 1.54) is 12.8 Å². The van der Waals surface area contributed by atoms with Gasteiger partial charge in [0.1, 0.15) is 5.82 Å². The van der Waals surface area contributed by atoms with Crippen molar-refractivity contribution in [2.24, 2.45) is 5.92 Å². The first-order valence-corrected chi connectivity index (χ1v) is 9.19. The molecule has 25 heavy (non-hydrogen) atoms. The summed E-state index contributed by atoms with van der Waals surface area (Å²) in [5.41, 5.74) is 1.97. The van der Waals surface area contributed by atoms with Gasteiger partial charge >= 0.3 is 0 Å². The van der Waals surface area contributed by atoms with Gasteiger partial charge in [0.05, 0.1) is 6.42 Å². The molecule has 2 heterocycles. The number of nitrogens with one attached hydrogen (secondary N) is 1. The third kappa shape index (κ3) is 5.20. The summed E-state index contributed by atoms with van der Waals surface area (Å²) in [4.78, 5) is 18.9. The first-order valence-electron chi connectivity index (χ1n) is 8.81. The van der Waals surface area contributed by atoms with E-state index < -0.39 is 0 Å². The quantitative estimate of drug-likeness (QED) is 0.884. The molecule has 1 fully saturated rings. The minimum absolute atomic E-state index is 0.00332. The van der Waals surface area contributed by atoms with Gasteiger partial charge in [0.25, 0.3) is 0 Å². The second-order valence-corrected chi connectivity index (χ2v) is 7.21. The number of rotatable bonds is 5. The average molecular weight is 358 g/mol. The molecule has 1 amide bonds. The number of carbonyl (C=O) groups is 1. The predicted octanol–water partition coefficient (Wildman–Crippen LogP) is 3.83. The summed E-state index contributed by atoms with van der Waals surface area (Å²) < 4.78 is 0. The molecule has 3 rings (SSSR count). The highest BCUT2D eigenvalue weighted by molar-refractivity contribution is 6.30. The fourth-order valence-corrected chi connectivity index (χ4v) is 3.12. The van der Waals surface area contributed by atoms with Crippen molar-refractivity contribution in [2.75, 3.05) is 18.0 Å². The first-order chi connectivity index (χ1) is 12.1. The summed E-state index contributed by atoms with van der Waals surface area (Å²) in [6, 6.07) is 11.4. The van der Waals surface area contributed by atoms with Crippen LogP contribution in [-0.2, 0) is 17.8 Å². The molecule has 2 aromatic rings. The van der Waals surface area contributed by atoms with Gasteiger partial charge in [-0.15, -0.1) is 0 Å². The SMILES string of the molecule is CC1CCN(c2ccc(CNC(=O)Cc3ccc(Cl)cc3)cn2)CC1. The molecule has 1 aliphatic rings. The molecule has 0 atom stereocenters. The van der Waals surface area contributed by atoms with E-state index in [1.807, 2.05) is 24.4 Å². The summed E-state index contributed by atoms with van der Waals surface area (Å²) in [5.74, 6) is 1.84. The second kappa shape index (κ2) is 8.34. The molecule has 1 N–H and O–H groups in total. The normalized spacial score (nSPS) is 15.2. The van der Waals surface area contributed by atoms with Crippen LogP contribution >= 0.6 is 11.6 Å². The molecule has 0 radical (unpaired) electrons. The molecule has 0 aliphatic carbocycles. The van der Waals surface area contributed by atoms with E-state index in [4.69, 9.17) is 11.6 Å². The zero-order valence-corrected chi connectivity index (χ0v) is 15.3. The van der Waals surface area contributed by atoms with Gasteiger partial charge in [-0.2, -0.15) is 0 Å². The van der Waals surface area contributed by atoms with Crippen LogP contribution in [0.2, 0.25) is 5.02 Å². The largest absolute Gasteiger partial charge is 0.357 e. The van der Waals surface area contributed by atoms with E-state index in [-0.39, 0.29) is 5.91 Å². The number of benzene rings is 1. The predicted molar refractivity (Wildman–Crippen MR) is 102 cm³/mol. The highest BCUT2D eigenvalue weighted by Gasteiger charge is 2.16. The van der Waals surface area contributed by atoms with E-state index in [1.54, 1.807) is 12.1 Å². The molecular formula is C20H24ClN3O. The zero-order valence-electron chi connectivity index (χ0n) is 14.5. The molecule has 1 aromatic carbocycles. The Balaban J connectivity index is 1.48. The van der Waals surface area contributed by atoms with Crippen LogP contribution in [0.25, 0.3) is 0 Å². The van der Waals surface area contributed by atoms with Gasteiger partial charge in [0.15, 0.2) is 0 Å². The van der Waals surface area contributed by atoms with Crippen LogP contribution in [0.4, 0.5) is 5.82 Å². The highest BCUT2D eigenvalue weighted by atomic mass is 35.5. The lowest BCUT2D eigenvalue weighted by Gasteiger charge is -2.31. The van der Waals surface area contributed by atoms with Crippen LogP contribution in [0.3, 0.4) is 0 Å². The van der Waals surface area contributed by atoms with E-state index in [2.05, 4.69) is 28.2 Å². The lowest BCUT2D eigenvalue weighted by atomic mass is 9.99.